The normalized spacial score (nSPS) is 17.7. The van der Waals surface area contributed by atoms with Gasteiger partial charge < -0.3 is 10.6 Å². The Balaban J connectivity index is 1.61. The maximum absolute atomic E-state index is 12.3. The Bertz CT molecular complexity index is 1050. The van der Waals surface area contributed by atoms with E-state index in [-0.39, 0.29) is 23.9 Å². The number of nitro benzene ring substituents is 1. The zero-order valence-corrected chi connectivity index (χ0v) is 17.1. The molecule has 3 rings (SSSR count). The first-order chi connectivity index (χ1) is 14.3. The SMILES string of the molecule is C/C(=N/N=C1/NC(=O)[C@@H](CC(=O)Nc2ccccc2C)S1)c1ccc([N+](=O)[O-])cc1. The highest BCUT2D eigenvalue weighted by Gasteiger charge is 2.32. The lowest BCUT2D eigenvalue weighted by Crippen LogP contribution is -2.28. The zero-order chi connectivity index (χ0) is 21.7. The number of para-hydroxylation sites is 1. The van der Waals surface area contributed by atoms with Gasteiger partial charge in [-0.2, -0.15) is 5.10 Å². The minimum atomic E-state index is -0.595. The van der Waals surface area contributed by atoms with E-state index in [1.165, 1.54) is 12.1 Å². The van der Waals surface area contributed by atoms with Gasteiger partial charge in [0.05, 0.1) is 10.6 Å². The fourth-order valence-corrected chi connectivity index (χ4v) is 3.59. The molecule has 0 unspecified atom stereocenters. The maximum atomic E-state index is 12.3. The van der Waals surface area contributed by atoms with Crippen LogP contribution in [0.2, 0.25) is 0 Å². The fourth-order valence-electron chi connectivity index (χ4n) is 2.67. The van der Waals surface area contributed by atoms with Crippen LogP contribution in [0.3, 0.4) is 0 Å². The number of benzene rings is 2. The number of thioether (sulfide) groups is 1. The summed E-state index contributed by atoms with van der Waals surface area (Å²) in [5, 5.41) is 24.0. The highest BCUT2D eigenvalue weighted by molar-refractivity contribution is 8.15. The summed E-state index contributed by atoms with van der Waals surface area (Å²) in [4.78, 5) is 34.7. The molecule has 1 atom stereocenters. The third kappa shape index (κ3) is 5.29. The van der Waals surface area contributed by atoms with Crippen LogP contribution in [0.15, 0.2) is 58.7 Å². The van der Waals surface area contributed by atoms with Crippen molar-refractivity contribution in [3.63, 3.8) is 0 Å². The molecule has 1 heterocycles. The lowest BCUT2D eigenvalue weighted by molar-refractivity contribution is -0.384. The molecule has 2 N–H and O–H groups in total. The second kappa shape index (κ2) is 9.31. The number of hydrogen-bond acceptors (Lipinski definition) is 7. The molecule has 1 saturated heterocycles. The topological polar surface area (TPSA) is 126 Å². The van der Waals surface area contributed by atoms with Crippen molar-refractivity contribution >= 4 is 45.8 Å². The van der Waals surface area contributed by atoms with Gasteiger partial charge in [-0.25, -0.2) is 0 Å². The Morgan fingerprint density at radius 3 is 2.60 bits per heavy atom. The molecule has 2 aromatic rings. The molecule has 0 radical (unpaired) electrons. The largest absolute Gasteiger partial charge is 0.326 e. The maximum Gasteiger partial charge on any atom is 0.269 e. The summed E-state index contributed by atoms with van der Waals surface area (Å²) >= 11 is 1.14. The van der Waals surface area contributed by atoms with Gasteiger partial charge in [-0.15, -0.1) is 5.10 Å². The molecular weight excluding hydrogens is 406 g/mol. The van der Waals surface area contributed by atoms with Crippen LogP contribution in [0.25, 0.3) is 0 Å². The molecule has 1 aliphatic heterocycles. The van der Waals surface area contributed by atoms with Gasteiger partial charge in [0.15, 0.2) is 5.17 Å². The smallest absolute Gasteiger partial charge is 0.269 e. The summed E-state index contributed by atoms with van der Waals surface area (Å²) in [6.45, 7) is 3.60. The zero-order valence-electron chi connectivity index (χ0n) is 16.3. The van der Waals surface area contributed by atoms with Crippen LogP contribution in [-0.4, -0.2) is 32.9 Å². The van der Waals surface area contributed by atoms with Crippen molar-refractivity contribution in [3.8, 4) is 0 Å². The molecular formula is C20H19N5O4S. The van der Waals surface area contributed by atoms with Crippen molar-refractivity contribution < 1.29 is 14.5 Å². The lowest BCUT2D eigenvalue weighted by Gasteiger charge is -2.09. The van der Waals surface area contributed by atoms with Crippen LogP contribution in [0.5, 0.6) is 0 Å². The number of amides is 2. The van der Waals surface area contributed by atoms with Crippen LogP contribution in [0, 0.1) is 17.0 Å². The number of amidine groups is 1. The van der Waals surface area contributed by atoms with Crippen LogP contribution in [0.4, 0.5) is 11.4 Å². The summed E-state index contributed by atoms with van der Waals surface area (Å²) in [6.07, 6.45) is 0.00883. The highest BCUT2D eigenvalue weighted by atomic mass is 32.2. The molecule has 2 aromatic carbocycles. The predicted molar refractivity (Wildman–Crippen MR) is 117 cm³/mol. The quantitative estimate of drug-likeness (QED) is 0.417. The Hall–Kier alpha value is -3.53. The molecule has 9 nitrogen and oxygen atoms in total. The average Bonchev–Trinajstić information content (AvgIpc) is 3.07. The minimum Gasteiger partial charge on any atom is -0.326 e. The Morgan fingerprint density at radius 1 is 1.23 bits per heavy atom. The second-order valence-electron chi connectivity index (χ2n) is 6.56. The van der Waals surface area contributed by atoms with E-state index in [2.05, 4.69) is 20.8 Å². The van der Waals surface area contributed by atoms with Crippen molar-refractivity contribution in [2.75, 3.05) is 5.32 Å². The number of nitro groups is 1. The number of rotatable bonds is 6. The summed E-state index contributed by atoms with van der Waals surface area (Å²) in [6, 6.07) is 13.3. The molecule has 1 aliphatic rings. The van der Waals surface area contributed by atoms with Gasteiger partial charge in [-0.05, 0) is 43.2 Å². The first-order valence-corrected chi connectivity index (χ1v) is 9.91. The van der Waals surface area contributed by atoms with Crippen LogP contribution in [0.1, 0.15) is 24.5 Å². The van der Waals surface area contributed by atoms with Gasteiger partial charge in [0.2, 0.25) is 11.8 Å². The first kappa shape index (κ1) is 21.2. The van der Waals surface area contributed by atoms with Crippen molar-refractivity contribution in [1.82, 2.24) is 5.32 Å². The third-order valence-electron chi connectivity index (χ3n) is 4.35. The van der Waals surface area contributed by atoms with E-state index in [4.69, 9.17) is 0 Å². The van der Waals surface area contributed by atoms with E-state index in [0.29, 0.717) is 22.1 Å². The molecule has 1 fully saturated rings. The molecule has 0 bridgehead atoms. The van der Waals surface area contributed by atoms with Crippen molar-refractivity contribution in [3.05, 3.63) is 69.8 Å². The van der Waals surface area contributed by atoms with E-state index in [1.807, 2.05) is 25.1 Å². The Labute approximate surface area is 176 Å². The number of nitrogens with one attached hydrogen (secondary N) is 2. The number of carbonyl (C=O) groups is 2. The summed E-state index contributed by atoms with van der Waals surface area (Å²) in [5.41, 5.74) is 2.85. The molecule has 2 amide bonds. The Kier molecular flexibility index (Phi) is 6.58. The fraction of sp³-hybridized carbons (Fsp3) is 0.200. The number of aryl methyl sites for hydroxylation is 1. The summed E-state index contributed by atoms with van der Waals surface area (Å²) < 4.78 is 0. The second-order valence-corrected chi connectivity index (χ2v) is 7.75. The number of non-ortho nitro benzene ring substituents is 1. The van der Waals surface area contributed by atoms with Crippen molar-refractivity contribution in [1.29, 1.82) is 0 Å². The minimum absolute atomic E-state index is 0.00883. The van der Waals surface area contributed by atoms with Gasteiger partial charge in [0, 0.05) is 24.2 Å². The van der Waals surface area contributed by atoms with Gasteiger partial charge in [0.25, 0.3) is 5.69 Å². The number of anilines is 1. The van der Waals surface area contributed by atoms with Gasteiger partial charge in [0.1, 0.15) is 5.25 Å². The summed E-state index contributed by atoms with van der Waals surface area (Å²) in [5.74, 6) is -0.564. The van der Waals surface area contributed by atoms with Crippen LogP contribution >= 0.6 is 11.8 Å². The molecule has 10 heteroatoms. The molecule has 154 valence electrons. The van der Waals surface area contributed by atoms with E-state index in [0.717, 1.165) is 17.3 Å². The molecule has 0 saturated carbocycles. The van der Waals surface area contributed by atoms with Crippen molar-refractivity contribution in [2.45, 2.75) is 25.5 Å². The standard InChI is InChI=1S/C20H19N5O4S/c1-12-5-3-4-6-16(12)21-18(26)11-17-19(27)22-20(30-17)24-23-13(2)14-7-9-15(10-8-14)25(28)29/h3-10,17H,11H2,1-2H3,(H,21,26)(H,22,24,27)/b23-13-/t17-/m1/s1. The van der Waals surface area contributed by atoms with Gasteiger partial charge >= 0.3 is 0 Å². The predicted octanol–water partition coefficient (Wildman–Crippen LogP) is 3.24. The van der Waals surface area contributed by atoms with E-state index in [9.17, 15) is 19.7 Å². The van der Waals surface area contributed by atoms with E-state index < -0.39 is 10.2 Å². The highest BCUT2D eigenvalue weighted by Crippen LogP contribution is 2.24. The average molecular weight is 425 g/mol. The van der Waals surface area contributed by atoms with E-state index >= 15 is 0 Å². The number of hydrogen-bond donors (Lipinski definition) is 2. The van der Waals surface area contributed by atoms with Crippen molar-refractivity contribution in [2.24, 2.45) is 10.2 Å². The van der Waals surface area contributed by atoms with Crippen LogP contribution in [-0.2, 0) is 9.59 Å². The molecule has 0 aliphatic carbocycles. The van der Waals surface area contributed by atoms with Crippen LogP contribution < -0.4 is 10.6 Å². The lowest BCUT2D eigenvalue weighted by atomic mass is 10.1. The molecule has 0 spiro atoms. The molecule has 0 aromatic heterocycles. The molecule has 30 heavy (non-hydrogen) atoms. The third-order valence-corrected chi connectivity index (χ3v) is 5.43. The van der Waals surface area contributed by atoms with Gasteiger partial charge in [-0.3, -0.25) is 19.7 Å². The Morgan fingerprint density at radius 2 is 1.93 bits per heavy atom. The monoisotopic (exact) mass is 425 g/mol. The number of carbonyl (C=O) groups excluding carboxylic acids is 2. The first-order valence-electron chi connectivity index (χ1n) is 9.03. The number of nitrogens with zero attached hydrogens (tertiary/aromatic N) is 3. The van der Waals surface area contributed by atoms with E-state index in [1.54, 1.807) is 25.1 Å². The van der Waals surface area contributed by atoms with Gasteiger partial charge in [-0.1, -0.05) is 30.0 Å². The summed E-state index contributed by atoms with van der Waals surface area (Å²) in [7, 11) is 0.